The Kier molecular flexibility index (Phi) is 6.86. The zero-order valence-corrected chi connectivity index (χ0v) is 18.5. The number of anilines is 1. The molecule has 3 unspecified atom stereocenters. The van der Waals surface area contributed by atoms with Crippen molar-refractivity contribution in [1.82, 2.24) is 0 Å². The number of rotatable bonds is 9. The van der Waals surface area contributed by atoms with Crippen LogP contribution < -0.4 is 10.1 Å². The zero-order valence-electron chi connectivity index (χ0n) is 17.7. The number of allylic oxidation sites excluding steroid dienone is 2. The lowest BCUT2D eigenvalue weighted by Crippen LogP contribution is -2.29. The molecule has 1 heterocycles. The standard InChI is InChI=1S/C26H33NOS/c1-3-4-5-6-7-17-28-20-13-16-25-24(18-20)22-9-8-10-23(22)26(27-25)19-11-14-21(29-2)15-12-19/h8-9,11-16,18,22-23,26-27H,3-7,10,17H2,1-2H3. The van der Waals surface area contributed by atoms with Crippen LogP contribution in [0.15, 0.2) is 59.5 Å². The molecule has 2 aliphatic rings. The van der Waals surface area contributed by atoms with Gasteiger partial charge in [0, 0.05) is 16.5 Å². The molecule has 2 aromatic carbocycles. The first-order chi connectivity index (χ1) is 14.3. The van der Waals surface area contributed by atoms with Gasteiger partial charge in [-0.2, -0.15) is 0 Å². The first-order valence-electron chi connectivity index (χ1n) is 11.1. The topological polar surface area (TPSA) is 21.3 Å². The van der Waals surface area contributed by atoms with Crippen molar-refractivity contribution in [1.29, 1.82) is 0 Å². The summed E-state index contributed by atoms with van der Waals surface area (Å²) in [6, 6.07) is 16.0. The van der Waals surface area contributed by atoms with Crippen molar-refractivity contribution in [3.8, 4) is 5.75 Å². The van der Waals surface area contributed by atoms with Gasteiger partial charge in [-0.25, -0.2) is 0 Å². The predicted molar refractivity (Wildman–Crippen MR) is 125 cm³/mol. The van der Waals surface area contributed by atoms with Crippen LogP contribution in [0, 0.1) is 5.92 Å². The van der Waals surface area contributed by atoms with Crippen LogP contribution in [0.4, 0.5) is 5.69 Å². The summed E-state index contributed by atoms with van der Waals surface area (Å²) in [5.74, 6) is 2.07. The molecule has 1 N–H and O–H groups in total. The highest BCUT2D eigenvalue weighted by Crippen LogP contribution is 2.50. The summed E-state index contributed by atoms with van der Waals surface area (Å²) < 4.78 is 6.08. The smallest absolute Gasteiger partial charge is 0.119 e. The second kappa shape index (κ2) is 9.75. The Bertz CT molecular complexity index is 829. The lowest BCUT2D eigenvalue weighted by molar-refractivity contribution is 0.303. The molecule has 29 heavy (non-hydrogen) atoms. The fourth-order valence-corrected chi connectivity index (χ4v) is 5.11. The van der Waals surface area contributed by atoms with Gasteiger partial charge in [0.05, 0.1) is 12.6 Å². The largest absolute Gasteiger partial charge is 0.494 e. The fourth-order valence-electron chi connectivity index (χ4n) is 4.70. The van der Waals surface area contributed by atoms with E-state index in [0.29, 0.717) is 17.9 Å². The second-order valence-corrected chi connectivity index (χ2v) is 9.14. The van der Waals surface area contributed by atoms with Crippen molar-refractivity contribution in [2.24, 2.45) is 5.92 Å². The summed E-state index contributed by atoms with van der Waals surface area (Å²) >= 11 is 1.80. The van der Waals surface area contributed by atoms with Crippen LogP contribution in [0.2, 0.25) is 0 Å². The lowest BCUT2D eigenvalue weighted by atomic mass is 9.77. The number of hydrogen-bond donors (Lipinski definition) is 1. The van der Waals surface area contributed by atoms with E-state index in [0.717, 1.165) is 25.2 Å². The van der Waals surface area contributed by atoms with Gasteiger partial charge in [0.25, 0.3) is 0 Å². The van der Waals surface area contributed by atoms with Gasteiger partial charge in [0.15, 0.2) is 0 Å². The molecule has 0 radical (unpaired) electrons. The van der Waals surface area contributed by atoms with Gasteiger partial charge in [-0.3, -0.25) is 0 Å². The molecule has 1 aliphatic carbocycles. The molecule has 0 aromatic heterocycles. The molecule has 3 atom stereocenters. The Labute approximate surface area is 180 Å². The van der Waals surface area contributed by atoms with Crippen LogP contribution in [0.1, 0.15) is 68.5 Å². The van der Waals surface area contributed by atoms with Crippen LogP contribution in [-0.4, -0.2) is 12.9 Å². The molecule has 1 aliphatic heterocycles. The Morgan fingerprint density at radius 2 is 1.86 bits per heavy atom. The first kappa shape index (κ1) is 20.4. The van der Waals surface area contributed by atoms with E-state index in [1.807, 2.05) is 0 Å². The minimum Gasteiger partial charge on any atom is -0.494 e. The maximum atomic E-state index is 6.08. The maximum Gasteiger partial charge on any atom is 0.119 e. The van der Waals surface area contributed by atoms with Gasteiger partial charge in [0.2, 0.25) is 0 Å². The number of ether oxygens (including phenoxy) is 1. The molecule has 2 aromatic rings. The van der Waals surface area contributed by atoms with Crippen LogP contribution in [-0.2, 0) is 0 Å². The van der Waals surface area contributed by atoms with E-state index in [9.17, 15) is 0 Å². The minimum absolute atomic E-state index is 0.365. The maximum absolute atomic E-state index is 6.08. The molecule has 3 heteroatoms. The summed E-state index contributed by atoms with van der Waals surface area (Å²) in [5.41, 5.74) is 4.04. The summed E-state index contributed by atoms with van der Waals surface area (Å²) in [6.45, 7) is 3.08. The molecule has 0 spiro atoms. The Hall–Kier alpha value is -1.87. The van der Waals surface area contributed by atoms with Crippen molar-refractivity contribution in [3.05, 3.63) is 65.7 Å². The SMILES string of the molecule is CCCCCCCOc1ccc2c(c1)C1C=CCC1C(c1ccc(SC)cc1)N2. The van der Waals surface area contributed by atoms with Crippen molar-refractivity contribution in [2.45, 2.75) is 62.3 Å². The molecular formula is C26H33NOS. The van der Waals surface area contributed by atoms with Gasteiger partial charge >= 0.3 is 0 Å². The first-order valence-corrected chi connectivity index (χ1v) is 12.4. The Balaban J connectivity index is 1.46. The van der Waals surface area contributed by atoms with Crippen LogP contribution in [0.25, 0.3) is 0 Å². The number of hydrogen-bond acceptors (Lipinski definition) is 3. The molecule has 4 rings (SSSR count). The summed E-state index contributed by atoms with van der Waals surface area (Å²) in [5, 5.41) is 3.84. The van der Waals surface area contributed by atoms with Crippen LogP contribution >= 0.6 is 11.8 Å². The summed E-state index contributed by atoms with van der Waals surface area (Å²) in [4.78, 5) is 1.32. The quantitative estimate of drug-likeness (QED) is 0.263. The van der Waals surface area contributed by atoms with Gasteiger partial charge in [-0.05, 0) is 66.5 Å². The van der Waals surface area contributed by atoms with Crippen LogP contribution in [0.3, 0.4) is 0 Å². The van der Waals surface area contributed by atoms with Crippen molar-refractivity contribution < 1.29 is 4.74 Å². The molecule has 0 saturated heterocycles. The average Bonchev–Trinajstić information content (AvgIpc) is 3.26. The van der Waals surface area contributed by atoms with E-state index in [4.69, 9.17) is 4.74 Å². The lowest BCUT2D eigenvalue weighted by Gasteiger charge is -2.37. The van der Waals surface area contributed by atoms with Gasteiger partial charge in [0.1, 0.15) is 5.75 Å². The molecule has 0 bridgehead atoms. The van der Waals surface area contributed by atoms with E-state index in [1.54, 1.807) is 11.8 Å². The number of fused-ring (bicyclic) bond motifs is 3. The number of unbranched alkanes of at least 4 members (excludes halogenated alkanes) is 4. The molecule has 2 nitrogen and oxygen atoms in total. The fraction of sp³-hybridized carbons (Fsp3) is 0.462. The van der Waals surface area contributed by atoms with Gasteiger partial charge in [-0.15, -0.1) is 11.8 Å². The Morgan fingerprint density at radius 1 is 1.03 bits per heavy atom. The third-order valence-electron chi connectivity index (χ3n) is 6.33. The molecule has 0 saturated carbocycles. The number of nitrogens with one attached hydrogen (secondary N) is 1. The minimum atomic E-state index is 0.365. The van der Waals surface area contributed by atoms with Gasteiger partial charge < -0.3 is 10.1 Å². The van der Waals surface area contributed by atoms with Crippen molar-refractivity contribution in [2.75, 3.05) is 18.2 Å². The monoisotopic (exact) mass is 407 g/mol. The Morgan fingerprint density at radius 3 is 2.66 bits per heavy atom. The number of thioether (sulfide) groups is 1. The predicted octanol–water partition coefficient (Wildman–Crippen LogP) is 7.58. The highest BCUT2D eigenvalue weighted by molar-refractivity contribution is 7.98. The highest BCUT2D eigenvalue weighted by Gasteiger charge is 2.38. The zero-order chi connectivity index (χ0) is 20.1. The third-order valence-corrected chi connectivity index (χ3v) is 7.07. The van der Waals surface area contributed by atoms with Crippen molar-refractivity contribution in [3.63, 3.8) is 0 Å². The molecule has 0 amide bonds. The third kappa shape index (κ3) is 4.66. The van der Waals surface area contributed by atoms with E-state index in [1.165, 1.54) is 47.4 Å². The second-order valence-electron chi connectivity index (χ2n) is 8.26. The van der Waals surface area contributed by atoms with E-state index in [-0.39, 0.29) is 0 Å². The van der Waals surface area contributed by atoms with E-state index >= 15 is 0 Å². The summed E-state index contributed by atoms with van der Waals surface area (Å²) in [6.07, 6.45) is 14.4. The number of benzene rings is 2. The molecule has 154 valence electrons. The summed E-state index contributed by atoms with van der Waals surface area (Å²) in [7, 11) is 0. The van der Waals surface area contributed by atoms with E-state index in [2.05, 4.69) is 73.1 Å². The molecular weight excluding hydrogens is 374 g/mol. The van der Waals surface area contributed by atoms with Gasteiger partial charge in [-0.1, -0.05) is 56.9 Å². The van der Waals surface area contributed by atoms with Crippen LogP contribution in [0.5, 0.6) is 5.75 Å². The van der Waals surface area contributed by atoms with Crippen molar-refractivity contribution >= 4 is 17.4 Å². The highest BCUT2D eigenvalue weighted by atomic mass is 32.2. The average molecular weight is 408 g/mol. The normalized spacial score (nSPS) is 22.1. The molecule has 0 fully saturated rings. The van der Waals surface area contributed by atoms with E-state index < -0.39 is 0 Å².